The number of aryl methyl sites for hydroxylation is 1. The first kappa shape index (κ1) is 20.6. The van der Waals surface area contributed by atoms with Gasteiger partial charge in [-0.3, -0.25) is 4.79 Å². The molecule has 1 saturated heterocycles. The summed E-state index contributed by atoms with van der Waals surface area (Å²) in [5.74, 6) is -0.430. The van der Waals surface area contributed by atoms with Crippen LogP contribution in [0.5, 0.6) is 5.75 Å². The van der Waals surface area contributed by atoms with E-state index in [1.165, 1.54) is 12.3 Å². The quantitative estimate of drug-likeness (QED) is 0.729. The molecule has 0 saturated carbocycles. The lowest BCUT2D eigenvalue weighted by Gasteiger charge is -2.38. The van der Waals surface area contributed by atoms with E-state index in [1.54, 1.807) is 7.11 Å². The number of carboxylic acids is 1. The van der Waals surface area contributed by atoms with Crippen molar-refractivity contribution in [2.24, 2.45) is 5.41 Å². The van der Waals surface area contributed by atoms with Crippen LogP contribution in [0.25, 0.3) is 11.3 Å². The number of ether oxygens (including phenoxy) is 3. The topological polar surface area (TPSA) is 87.0 Å². The number of aromatic nitrogens is 1. The number of carboxylic acid groups (broad SMARTS) is 1. The van der Waals surface area contributed by atoms with Gasteiger partial charge in [0.15, 0.2) is 5.43 Å². The van der Waals surface area contributed by atoms with Crippen molar-refractivity contribution in [2.75, 3.05) is 26.9 Å². The fraction of sp³-hybridized carbons (Fsp3) is 0.478. The Morgan fingerprint density at radius 2 is 2.07 bits per heavy atom. The summed E-state index contributed by atoms with van der Waals surface area (Å²) >= 11 is 0. The predicted octanol–water partition coefficient (Wildman–Crippen LogP) is 3.59. The molecule has 3 heterocycles. The van der Waals surface area contributed by atoms with Crippen molar-refractivity contribution >= 4 is 5.97 Å². The summed E-state index contributed by atoms with van der Waals surface area (Å²) in [4.78, 5) is 24.1. The molecule has 2 aliphatic rings. The lowest BCUT2D eigenvalue weighted by molar-refractivity contribution is 0.0692. The summed E-state index contributed by atoms with van der Waals surface area (Å²) in [6, 6.07) is 5.32. The molecule has 0 aliphatic carbocycles. The zero-order chi connectivity index (χ0) is 21.6. The molecule has 0 spiro atoms. The first-order valence-corrected chi connectivity index (χ1v) is 10.1. The van der Waals surface area contributed by atoms with Gasteiger partial charge >= 0.3 is 5.97 Å². The Bertz CT molecular complexity index is 1050. The van der Waals surface area contributed by atoms with E-state index >= 15 is 0 Å². The molecule has 7 nitrogen and oxygen atoms in total. The number of methoxy groups -OCH3 is 1. The number of rotatable bonds is 6. The molecule has 2 atom stereocenters. The van der Waals surface area contributed by atoms with E-state index in [0.29, 0.717) is 25.5 Å². The van der Waals surface area contributed by atoms with Crippen molar-refractivity contribution in [3.63, 3.8) is 0 Å². The van der Waals surface area contributed by atoms with E-state index in [2.05, 4.69) is 13.8 Å². The Balaban J connectivity index is 1.86. The molecule has 160 valence electrons. The highest BCUT2D eigenvalue weighted by Gasteiger charge is 2.49. The van der Waals surface area contributed by atoms with Crippen molar-refractivity contribution in [2.45, 2.75) is 39.3 Å². The summed E-state index contributed by atoms with van der Waals surface area (Å²) in [5, 5.41) is 9.46. The summed E-state index contributed by atoms with van der Waals surface area (Å²) in [6.45, 7) is 7.88. The highest BCUT2D eigenvalue weighted by atomic mass is 16.5. The zero-order valence-electron chi connectivity index (χ0n) is 17.7. The fourth-order valence-corrected chi connectivity index (χ4v) is 4.53. The number of hydrogen-bond acceptors (Lipinski definition) is 5. The van der Waals surface area contributed by atoms with Crippen LogP contribution in [0.4, 0.5) is 0 Å². The molecule has 7 heteroatoms. The molecule has 1 aromatic carbocycles. The third kappa shape index (κ3) is 3.32. The third-order valence-electron chi connectivity index (χ3n) is 6.01. The van der Waals surface area contributed by atoms with E-state index in [9.17, 15) is 14.7 Å². The molecule has 2 aliphatic heterocycles. The average molecular weight is 413 g/mol. The first-order chi connectivity index (χ1) is 14.2. The molecule has 4 rings (SSSR count). The van der Waals surface area contributed by atoms with Gasteiger partial charge in [-0.15, -0.1) is 0 Å². The lowest BCUT2D eigenvalue weighted by atomic mass is 9.78. The van der Waals surface area contributed by atoms with Gasteiger partial charge in [-0.05, 0) is 30.2 Å². The lowest BCUT2D eigenvalue weighted by Crippen LogP contribution is -2.33. The van der Waals surface area contributed by atoms with Crippen LogP contribution in [0, 0.1) is 12.3 Å². The van der Waals surface area contributed by atoms with Crippen LogP contribution in [0.15, 0.2) is 29.2 Å². The van der Waals surface area contributed by atoms with Crippen molar-refractivity contribution in [1.29, 1.82) is 0 Å². The van der Waals surface area contributed by atoms with Gasteiger partial charge < -0.3 is 23.9 Å². The van der Waals surface area contributed by atoms with Crippen LogP contribution in [-0.2, 0) is 9.47 Å². The first-order valence-electron chi connectivity index (χ1n) is 10.1. The monoisotopic (exact) mass is 413 g/mol. The van der Waals surface area contributed by atoms with Crippen molar-refractivity contribution in [3.05, 3.63) is 51.3 Å². The Morgan fingerprint density at radius 3 is 2.77 bits per heavy atom. The van der Waals surface area contributed by atoms with E-state index in [-0.39, 0.29) is 23.1 Å². The Hall–Kier alpha value is -2.64. The number of benzene rings is 1. The number of pyridine rings is 1. The van der Waals surface area contributed by atoms with Crippen molar-refractivity contribution in [3.8, 4) is 17.0 Å². The van der Waals surface area contributed by atoms with Gasteiger partial charge in [-0.1, -0.05) is 13.8 Å². The van der Waals surface area contributed by atoms with Crippen LogP contribution >= 0.6 is 0 Å². The molecule has 0 amide bonds. The molecule has 2 aromatic rings. The number of hydrogen-bond donors (Lipinski definition) is 1. The Kier molecular flexibility index (Phi) is 5.20. The van der Waals surface area contributed by atoms with E-state index in [1.807, 2.05) is 23.6 Å². The van der Waals surface area contributed by atoms with Gasteiger partial charge in [0.05, 0.1) is 24.9 Å². The summed E-state index contributed by atoms with van der Waals surface area (Å²) in [5.41, 5.74) is 2.57. The Morgan fingerprint density at radius 1 is 1.30 bits per heavy atom. The van der Waals surface area contributed by atoms with Crippen LogP contribution < -0.4 is 10.2 Å². The average Bonchev–Trinajstić information content (AvgIpc) is 3.01. The van der Waals surface area contributed by atoms with Crippen LogP contribution in [0.2, 0.25) is 0 Å². The van der Waals surface area contributed by atoms with E-state index < -0.39 is 11.4 Å². The second-order valence-electron chi connectivity index (χ2n) is 8.71. The number of nitrogens with zero attached hydrogens (tertiary/aromatic N) is 1. The van der Waals surface area contributed by atoms with Gasteiger partial charge in [-0.2, -0.15) is 0 Å². The van der Waals surface area contributed by atoms with Crippen LogP contribution in [0.3, 0.4) is 0 Å². The number of fused-ring (bicyclic) bond motifs is 6. The number of carbonyl (C=O) groups is 1. The van der Waals surface area contributed by atoms with Gasteiger partial charge in [0.2, 0.25) is 0 Å². The molecule has 1 aromatic heterocycles. The van der Waals surface area contributed by atoms with Gasteiger partial charge in [0, 0.05) is 43.4 Å². The molecule has 0 bridgehead atoms. The third-order valence-corrected chi connectivity index (χ3v) is 6.01. The smallest absolute Gasteiger partial charge is 0.341 e. The van der Waals surface area contributed by atoms with Gasteiger partial charge in [-0.25, -0.2) is 4.79 Å². The standard InChI is InChI=1S/C23H27NO6/c1-13-8-14-15(9-19(13)29-7-5-6-28-4)20-21(23(2,3)12-30-20)24-11-16(22(26)27)18(25)10-17(14)24/h8-11,20-21H,5-7,12H2,1-4H3,(H,26,27)/t20-,21?/m1/s1. The summed E-state index contributed by atoms with van der Waals surface area (Å²) in [6.07, 6.45) is 2.02. The zero-order valence-corrected chi connectivity index (χ0v) is 17.7. The number of aromatic carboxylic acids is 1. The maximum atomic E-state index is 12.5. The minimum Gasteiger partial charge on any atom is -0.493 e. The summed E-state index contributed by atoms with van der Waals surface area (Å²) in [7, 11) is 1.67. The highest BCUT2D eigenvalue weighted by Crippen LogP contribution is 2.55. The van der Waals surface area contributed by atoms with Gasteiger partial charge in [0.1, 0.15) is 17.4 Å². The van der Waals surface area contributed by atoms with Crippen molar-refractivity contribution < 1.29 is 24.1 Å². The molecule has 30 heavy (non-hydrogen) atoms. The molecule has 1 N–H and O–H groups in total. The van der Waals surface area contributed by atoms with Crippen molar-refractivity contribution in [1.82, 2.24) is 4.57 Å². The maximum Gasteiger partial charge on any atom is 0.341 e. The SMILES string of the molecule is COCCCOc1cc2c(cc1C)-c1cc(=O)c(C(=O)O)cn1C1[C@@H]2OCC1(C)C. The molecule has 1 unspecified atom stereocenters. The molecular weight excluding hydrogens is 386 g/mol. The highest BCUT2D eigenvalue weighted by molar-refractivity contribution is 5.88. The maximum absolute atomic E-state index is 12.5. The van der Waals surface area contributed by atoms with E-state index in [4.69, 9.17) is 14.2 Å². The van der Waals surface area contributed by atoms with Gasteiger partial charge in [0.25, 0.3) is 0 Å². The normalized spacial score (nSPS) is 20.9. The van der Waals surface area contributed by atoms with E-state index in [0.717, 1.165) is 28.9 Å². The molecular formula is C23H27NO6. The van der Waals surface area contributed by atoms with Crippen LogP contribution in [-0.4, -0.2) is 42.6 Å². The summed E-state index contributed by atoms with van der Waals surface area (Å²) < 4.78 is 19.2. The second-order valence-corrected chi connectivity index (χ2v) is 8.71. The molecule has 0 radical (unpaired) electrons. The minimum absolute atomic E-state index is 0.122. The molecule has 1 fully saturated rings. The Labute approximate surface area is 175 Å². The minimum atomic E-state index is -1.22. The predicted molar refractivity (Wildman–Crippen MR) is 111 cm³/mol. The largest absolute Gasteiger partial charge is 0.493 e. The fourth-order valence-electron chi connectivity index (χ4n) is 4.53. The second kappa shape index (κ2) is 7.56. The van der Waals surface area contributed by atoms with Crippen LogP contribution in [0.1, 0.15) is 53.9 Å².